The first-order valence-electron chi connectivity index (χ1n) is 10.0. The SMILES string of the molecule is C[C@@H]1Cc2ccc(CNC(=O)Cc3ccc(F)cc3)cc2N1C(=O)c1ccccc1. The Balaban J connectivity index is 1.45. The minimum Gasteiger partial charge on any atom is -0.352 e. The van der Waals surface area contributed by atoms with Crippen LogP contribution in [0.25, 0.3) is 0 Å². The number of nitrogens with zero attached hydrogens (tertiary/aromatic N) is 1. The number of carbonyl (C=O) groups is 2. The van der Waals surface area contributed by atoms with E-state index in [1.165, 1.54) is 12.1 Å². The Hall–Kier alpha value is -3.47. The summed E-state index contributed by atoms with van der Waals surface area (Å²) in [4.78, 5) is 27.1. The summed E-state index contributed by atoms with van der Waals surface area (Å²) in [7, 11) is 0. The molecule has 0 fully saturated rings. The number of amides is 2. The van der Waals surface area contributed by atoms with Gasteiger partial charge in [-0.3, -0.25) is 9.59 Å². The highest BCUT2D eigenvalue weighted by Crippen LogP contribution is 2.34. The summed E-state index contributed by atoms with van der Waals surface area (Å²) < 4.78 is 13.0. The molecule has 0 aromatic heterocycles. The van der Waals surface area contributed by atoms with Crippen LogP contribution < -0.4 is 10.2 Å². The number of hydrogen-bond donors (Lipinski definition) is 1. The molecule has 0 radical (unpaired) electrons. The minimum atomic E-state index is -0.318. The summed E-state index contributed by atoms with van der Waals surface area (Å²) in [5.41, 5.74) is 4.39. The number of halogens is 1. The van der Waals surface area contributed by atoms with Gasteiger partial charge in [0.2, 0.25) is 5.91 Å². The van der Waals surface area contributed by atoms with Crippen LogP contribution in [0.3, 0.4) is 0 Å². The Bertz CT molecular complexity index is 1060. The van der Waals surface area contributed by atoms with Crippen LogP contribution in [-0.4, -0.2) is 17.9 Å². The monoisotopic (exact) mass is 402 g/mol. The van der Waals surface area contributed by atoms with Crippen molar-refractivity contribution in [3.8, 4) is 0 Å². The number of rotatable bonds is 5. The molecule has 1 aliphatic rings. The third-order valence-corrected chi connectivity index (χ3v) is 5.37. The molecule has 0 spiro atoms. The Labute approximate surface area is 175 Å². The third-order valence-electron chi connectivity index (χ3n) is 5.37. The van der Waals surface area contributed by atoms with E-state index in [9.17, 15) is 14.0 Å². The maximum atomic E-state index is 13.1. The number of carbonyl (C=O) groups excluding carboxylic acids is 2. The second kappa shape index (κ2) is 8.49. The Morgan fingerprint density at radius 2 is 1.70 bits per heavy atom. The topological polar surface area (TPSA) is 49.4 Å². The van der Waals surface area contributed by atoms with Gasteiger partial charge in [-0.2, -0.15) is 0 Å². The number of benzene rings is 3. The molecule has 0 unspecified atom stereocenters. The van der Waals surface area contributed by atoms with Crippen molar-refractivity contribution in [2.24, 2.45) is 0 Å². The second-order valence-corrected chi connectivity index (χ2v) is 7.64. The standard InChI is InChI=1S/C25H23FN2O2/c1-17-13-21-10-7-19(16-27-24(29)15-18-8-11-22(26)12-9-18)14-23(21)28(17)25(30)20-5-3-2-4-6-20/h2-12,14,17H,13,15-16H2,1H3,(H,27,29)/t17-/m1/s1. The summed E-state index contributed by atoms with van der Waals surface area (Å²) in [6, 6.07) is 21.3. The van der Waals surface area contributed by atoms with Gasteiger partial charge in [0.15, 0.2) is 0 Å². The van der Waals surface area contributed by atoms with Crippen LogP contribution in [0.1, 0.15) is 34.0 Å². The quantitative estimate of drug-likeness (QED) is 0.693. The normalized spacial score (nSPS) is 15.0. The number of anilines is 1. The molecule has 152 valence electrons. The first-order chi connectivity index (χ1) is 14.5. The van der Waals surface area contributed by atoms with Crippen LogP contribution in [0, 0.1) is 5.82 Å². The lowest BCUT2D eigenvalue weighted by Gasteiger charge is -2.23. The van der Waals surface area contributed by atoms with Gasteiger partial charge in [0, 0.05) is 23.8 Å². The maximum Gasteiger partial charge on any atom is 0.258 e. The molecule has 4 nitrogen and oxygen atoms in total. The molecule has 0 saturated heterocycles. The first-order valence-corrected chi connectivity index (χ1v) is 10.0. The van der Waals surface area contributed by atoms with E-state index in [1.807, 2.05) is 60.4 Å². The van der Waals surface area contributed by atoms with Crippen LogP contribution in [0.5, 0.6) is 0 Å². The van der Waals surface area contributed by atoms with Crippen molar-refractivity contribution in [3.05, 3.63) is 101 Å². The van der Waals surface area contributed by atoms with Crippen molar-refractivity contribution in [1.82, 2.24) is 5.32 Å². The van der Waals surface area contributed by atoms with E-state index in [4.69, 9.17) is 0 Å². The fourth-order valence-electron chi connectivity index (χ4n) is 3.84. The molecule has 4 rings (SSSR count). The number of fused-ring (bicyclic) bond motifs is 1. The van der Waals surface area contributed by atoms with Crippen molar-refractivity contribution in [2.75, 3.05) is 4.90 Å². The average Bonchev–Trinajstić information content (AvgIpc) is 3.09. The molecule has 3 aromatic carbocycles. The molecular weight excluding hydrogens is 379 g/mol. The molecular formula is C25H23FN2O2. The van der Waals surface area contributed by atoms with Crippen molar-refractivity contribution in [1.29, 1.82) is 0 Å². The van der Waals surface area contributed by atoms with E-state index in [2.05, 4.69) is 5.32 Å². The van der Waals surface area contributed by atoms with Gasteiger partial charge in [-0.05, 0) is 60.4 Å². The highest BCUT2D eigenvalue weighted by molar-refractivity contribution is 6.07. The Morgan fingerprint density at radius 3 is 2.43 bits per heavy atom. The predicted molar refractivity (Wildman–Crippen MR) is 115 cm³/mol. The third kappa shape index (κ3) is 4.25. The molecule has 0 bridgehead atoms. The zero-order chi connectivity index (χ0) is 21.1. The summed E-state index contributed by atoms with van der Waals surface area (Å²) in [6.07, 6.45) is 1.01. The van der Waals surface area contributed by atoms with Gasteiger partial charge in [0.25, 0.3) is 5.91 Å². The van der Waals surface area contributed by atoms with E-state index in [-0.39, 0.29) is 30.1 Å². The fraction of sp³-hybridized carbons (Fsp3) is 0.200. The summed E-state index contributed by atoms with van der Waals surface area (Å²) >= 11 is 0. The maximum absolute atomic E-state index is 13.1. The lowest BCUT2D eigenvalue weighted by Crippen LogP contribution is -2.35. The molecule has 3 aromatic rings. The van der Waals surface area contributed by atoms with Gasteiger partial charge in [0.05, 0.1) is 6.42 Å². The highest BCUT2D eigenvalue weighted by Gasteiger charge is 2.31. The summed E-state index contributed by atoms with van der Waals surface area (Å²) in [5.74, 6) is -0.465. The molecule has 1 aliphatic heterocycles. The van der Waals surface area contributed by atoms with E-state index >= 15 is 0 Å². The Kier molecular flexibility index (Phi) is 5.61. The zero-order valence-corrected chi connectivity index (χ0v) is 16.8. The van der Waals surface area contributed by atoms with Crippen molar-refractivity contribution in [3.63, 3.8) is 0 Å². The second-order valence-electron chi connectivity index (χ2n) is 7.64. The van der Waals surface area contributed by atoms with Gasteiger partial charge >= 0.3 is 0 Å². The predicted octanol–water partition coefficient (Wildman–Crippen LogP) is 4.28. The van der Waals surface area contributed by atoms with E-state index in [0.29, 0.717) is 12.1 Å². The van der Waals surface area contributed by atoms with Gasteiger partial charge in [-0.1, -0.05) is 42.5 Å². The average molecular weight is 402 g/mol. The van der Waals surface area contributed by atoms with E-state index < -0.39 is 0 Å². The lowest BCUT2D eigenvalue weighted by atomic mass is 10.1. The summed E-state index contributed by atoms with van der Waals surface area (Å²) in [5, 5.41) is 2.90. The Morgan fingerprint density at radius 1 is 1.00 bits per heavy atom. The van der Waals surface area contributed by atoms with Gasteiger partial charge in [-0.15, -0.1) is 0 Å². The van der Waals surface area contributed by atoms with Crippen LogP contribution in [0.2, 0.25) is 0 Å². The molecule has 5 heteroatoms. The number of nitrogens with one attached hydrogen (secondary N) is 1. The van der Waals surface area contributed by atoms with E-state index in [1.54, 1.807) is 12.1 Å². The number of hydrogen-bond acceptors (Lipinski definition) is 2. The van der Waals surface area contributed by atoms with Crippen molar-refractivity contribution in [2.45, 2.75) is 32.4 Å². The van der Waals surface area contributed by atoms with Crippen molar-refractivity contribution < 1.29 is 14.0 Å². The largest absolute Gasteiger partial charge is 0.352 e. The minimum absolute atomic E-state index is 0.0145. The molecule has 1 atom stereocenters. The van der Waals surface area contributed by atoms with Crippen molar-refractivity contribution >= 4 is 17.5 Å². The molecule has 1 N–H and O–H groups in total. The van der Waals surface area contributed by atoms with Gasteiger partial charge in [-0.25, -0.2) is 4.39 Å². The zero-order valence-electron chi connectivity index (χ0n) is 16.8. The summed E-state index contributed by atoms with van der Waals surface area (Å²) in [6.45, 7) is 2.42. The lowest BCUT2D eigenvalue weighted by molar-refractivity contribution is -0.120. The smallest absolute Gasteiger partial charge is 0.258 e. The van der Waals surface area contributed by atoms with Crippen LogP contribution in [0.4, 0.5) is 10.1 Å². The molecule has 0 aliphatic carbocycles. The van der Waals surface area contributed by atoms with Crippen LogP contribution in [0.15, 0.2) is 72.8 Å². The van der Waals surface area contributed by atoms with Gasteiger partial charge < -0.3 is 10.2 Å². The molecule has 30 heavy (non-hydrogen) atoms. The van der Waals surface area contributed by atoms with E-state index in [0.717, 1.165) is 28.8 Å². The fourth-order valence-corrected chi connectivity index (χ4v) is 3.84. The molecule has 0 saturated carbocycles. The van der Waals surface area contributed by atoms with Gasteiger partial charge in [0.1, 0.15) is 5.82 Å². The first kappa shape index (κ1) is 19.8. The molecule has 2 amide bonds. The van der Waals surface area contributed by atoms with Crippen LogP contribution in [-0.2, 0) is 24.2 Å². The highest BCUT2D eigenvalue weighted by atomic mass is 19.1. The van der Waals surface area contributed by atoms with Crippen LogP contribution >= 0.6 is 0 Å². The molecule has 1 heterocycles.